The SMILES string of the molecule is PNC1=CCN(P)CC1. The van der Waals surface area contributed by atoms with Crippen LogP contribution in [0.25, 0.3) is 0 Å². The van der Waals surface area contributed by atoms with Crippen LogP contribution in [0.5, 0.6) is 0 Å². The van der Waals surface area contributed by atoms with E-state index in [1.54, 1.807) is 0 Å². The molecule has 0 fully saturated rings. The maximum atomic E-state index is 3.07. The number of rotatable bonds is 1. The van der Waals surface area contributed by atoms with E-state index < -0.39 is 0 Å². The van der Waals surface area contributed by atoms with Crippen LogP contribution in [0.3, 0.4) is 0 Å². The zero-order valence-corrected chi connectivity index (χ0v) is 7.61. The second-order valence-corrected chi connectivity index (χ2v) is 3.14. The molecule has 0 bridgehead atoms. The van der Waals surface area contributed by atoms with Crippen LogP contribution < -0.4 is 5.09 Å². The van der Waals surface area contributed by atoms with E-state index in [1.807, 2.05) is 0 Å². The summed E-state index contributed by atoms with van der Waals surface area (Å²) < 4.78 is 2.21. The average molecular weight is 162 g/mol. The molecule has 1 rings (SSSR count). The second kappa shape index (κ2) is 3.51. The molecule has 1 heterocycles. The molecular formula is C5H12N2P2. The summed E-state index contributed by atoms with van der Waals surface area (Å²) in [5.74, 6) is 0. The van der Waals surface area contributed by atoms with Crippen molar-refractivity contribution in [1.29, 1.82) is 0 Å². The fourth-order valence-corrected chi connectivity index (χ4v) is 1.31. The van der Waals surface area contributed by atoms with Crippen LogP contribution in [0, 0.1) is 0 Å². The van der Waals surface area contributed by atoms with Crippen molar-refractivity contribution in [2.75, 3.05) is 13.1 Å². The van der Waals surface area contributed by atoms with E-state index >= 15 is 0 Å². The maximum absolute atomic E-state index is 3.07. The number of hydrogen-bond donors (Lipinski definition) is 1. The molecule has 0 radical (unpaired) electrons. The van der Waals surface area contributed by atoms with Crippen LogP contribution in [0.15, 0.2) is 11.8 Å². The van der Waals surface area contributed by atoms with Gasteiger partial charge in [-0.15, -0.1) is 0 Å². The molecule has 0 saturated carbocycles. The molecule has 0 aliphatic carbocycles. The minimum Gasteiger partial charge on any atom is -0.373 e. The van der Waals surface area contributed by atoms with Crippen LogP contribution in [0.2, 0.25) is 0 Å². The highest BCUT2D eigenvalue weighted by Gasteiger charge is 2.04. The lowest BCUT2D eigenvalue weighted by Gasteiger charge is -2.20. The third-order valence-electron chi connectivity index (χ3n) is 1.43. The Bertz CT molecular complexity index is 124. The Hall–Kier alpha value is 0.360. The first-order chi connectivity index (χ1) is 4.33. The zero-order chi connectivity index (χ0) is 6.69. The first-order valence-electron chi connectivity index (χ1n) is 2.98. The Morgan fingerprint density at radius 1 is 1.67 bits per heavy atom. The van der Waals surface area contributed by atoms with Crippen molar-refractivity contribution in [2.45, 2.75) is 6.42 Å². The van der Waals surface area contributed by atoms with E-state index in [4.69, 9.17) is 0 Å². The predicted molar refractivity (Wildman–Crippen MR) is 46.8 cm³/mol. The number of nitrogens with one attached hydrogen (secondary N) is 1. The Morgan fingerprint density at radius 2 is 2.44 bits per heavy atom. The fraction of sp³-hybridized carbons (Fsp3) is 0.600. The third kappa shape index (κ3) is 2.21. The van der Waals surface area contributed by atoms with Crippen LogP contribution >= 0.6 is 18.8 Å². The molecule has 0 aromatic heterocycles. The number of nitrogens with zero attached hydrogens (tertiary/aromatic N) is 1. The quantitative estimate of drug-likeness (QED) is 0.572. The first kappa shape index (κ1) is 7.47. The van der Waals surface area contributed by atoms with Crippen LogP contribution in [-0.2, 0) is 0 Å². The largest absolute Gasteiger partial charge is 0.373 e. The minimum atomic E-state index is 1.04. The Balaban J connectivity index is 2.40. The van der Waals surface area contributed by atoms with E-state index in [2.05, 4.69) is 34.6 Å². The van der Waals surface area contributed by atoms with Gasteiger partial charge in [0.15, 0.2) is 0 Å². The lowest BCUT2D eigenvalue weighted by atomic mass is 10.2. The highest BCUT2D eigenvalue weighted by atomic mass is 31.0. The smallest absolute Gasteiger partial charge is 0.0217 e. The summed E-state index contributed by atoms with van der Waals surface area (Å²) in [4.78, 5) is 0. The fourth-order valence-electron chi connectivity index (χ4n) is 0.816. The highest BCUT2D eigenvalue weighted by Crippen LogP contribution is 2.11. The van der Waals surface area contributed by atoms with Crippen LogP contribution in [0.1, 0.15) is 6.42 Å². The van der Waals surface area contributed by atoms with Gasteiger partial charge in [-0.3, -0.25) is 4.67 Å². The molecule has 0 saturated heterocycles. The van der Waals surface area contributed by atoms with Crippen molar-refractivity contribution in [3.8, 4) is 0 Å². The molecule has 1 N–H and O–H groups in total. The van der Waals surface area contributed by atoms with E-state index in [9.17, 15) is 0 Å². The van der Waals surface area contributed by atoms with Crippen LogP contribution in [0.4, 0.5) is 0 Å². The maximum Gasteiger partial charge on any atom is 0.0217 e. The van der Waals surface area contributed by atoms with Crippen molar-refractivity contribution in [3.05, 3.63) is 11.8 Å². The summed E-state index contributed by atoms with van der Waals surface area (Å²) >= 11 is 0. The van der Waals surface area contributed by atoms with Crippen molar-refractivity contribution in [3.63, 3.8) is 0 Å². The molecule has 2 nitrogen and oxygen atoms in total. The summed E-state index contributed by atoms with van der Waals surface area (Å²) in [6, 6.07) is 0. The summed E-state index contributed by atoms with van der Waals surface area (Å²) in [6.07, 6.45) is 3.33. The molecule has 0 aromatic rings. The summed E-state index contributed by atoms with van der Waals surface area (Å²) in [6.45, 7) is 2.18. The lowest BCUT2D eigenvalue weighted by molar-refractivity contribution is 0.493. The van der Waals surface area contributed by atoms with E-state index in [0.717, 1.165) is 19.5 Å². The van der Waals surface area contributed by atoms with E-state index in [-0.39, 0.29) is 0 Å². The van der Waals surface area contributed by atoms with Crippen LogP contribution in [-0.4, -0.2) is 17.8 Å². The van der Waals surface area contributed by atoms with Gasteiger partial charge in [-0.2, -0.15) is 0 Å². The van der Waals surface area contributed by atoms with Gasteiger partial charge in [0, 0.05) is 25.2 Å². The van der Waals surface area contributed by atoms with Gasteiger partial charge < -0.3 is 5.09 Å². The van der Waals surface area contributed by atoms with Crippen molar-refractivity contribution < 1.29 is 0 Å². The van der Waals surface area contributed by atoms with Gasteiger partial charge in [0.25, 0.3) is 0 Å². The zero-order valence-electron chi connectivity index (χ0n) is 5.30. The molecule has 1 aliphatic heterocycles. The van der Waals surface area contributed by atoms with Gasteiger partial charge in [0.1, 0.15) is 0 Å². The third-order valence-corrected chi connectivity index (χ3v) is 2.27. The first-order valence-corrected chi connectivity index (χ1v) is 4.07. The monoisotopic (exact) mass is 162 g/mol. The predicted octanol–water partition coefficient (Wildman–Crippen LogP) is 0.746. The normalized spacial score (nSPS) is 21.3. The number of hydrogen-bond acceptors (Lipinski definition) is 2. The molecule has 0 aromatic carbocycles. The molecule has 1 aliphatic rings. The average Bonchev–Trinajstić information content (AvgIpc) is 1.90. The molecule has 4 heteroatoms. The minimum absolute atomic E-state index is 1.04. The van der Waals surface area contributed by atoms with E-state index in [0.29, 0.717) is 0 Å². The Labute approximate surface area is 60.6 Å². The summed E-state index contributed by atoms with van der Waals surface area (Å²) in [5.41, 5.74) is 1.33. The lowest BCUT2D eigenvalue weighted by Crippen LogP contribution is -2.21. The summed E-state index contributed by atoms with van der Waals surface area (Å²) in [5, 5.41) is 3.07. The van der Waals surface area contributed by atoms with Crippen molar-refractivity contribution >= 4 is 18.8 Å². The molecule has 2 unspecified atom stereocenters. The highest BCUT2D eigenvalue weighted by molar-refractivity contribution is 7.14. The van der Waals surface area contributed by atoms with Gasteiger partial charge in [-0.05, 0) is 9.39 Å². The van der Waals surface area contributed by atoms with Gasteiger partial charge in [0.2, 0.25) is 0 Å². The van der Waals surface area contributed by atoms with Gasteiger partial charge >= 0.3 is 0 Å². The Morgan fingerprint density at radius 3 is 2.89 bits per heavy atom. The van der Waals surface area contributed by atoms with Gasteiger partial charge in [0.05, 0.1) is 0 Å². The molecule has 2 atom stereocenters. The van der Waals surface area contributed by atoms with Gasteiger partial charge in [-0.1, -0.05) is 15.5 Å². The molecule has 9 heavy (non-hydrogen) atoms. The summed E-state index contributed by atoms with van der Waals surface area (Å²) in [7, 11) is 5.21. The van der Waals surface area contributed by atoms with Crippen molar-refractivity contribution in [2.24, 2.45) is 0 Å². The van der Waals surface area contributed by atoms with Crippen molar-refractivity contribution in [1.82, 2.24) is 9.76 Å². The topological polar surface area (TPSA) is 15.3 Å². The van der Waals surface area contributed by atoms with E-state index in [1.165, 1.54) is 5.70 Å². The molecule has 0 spiro atoms. The molecular weight excluding hydrogens is 150 g/mol. The standard InChI is InChI=1S/C5H12N2P2/c8-6-5-1-3-7(9)4-2-5/h1,6H,2-4,8-9H2. The molecule has 52 valence electrons. The Kier molecular flexibility index (Phi) is 2.91. The molecule has 0 amide bonds. The second-order valence-electron chi connectivity index (χ2n) is 2.12. The van der Waals surface area contributed by atoms with Gasteiger partial charge in [-0.25, -0.2) is 0 Å².